The zero-order valence-corrected chi connectivity index (χ0v) is 17.3. The maximum absolute atomic E-state index is 12.7. The van der Waals surface area contributed by atoms with E-state index in [0.29, 0.717) is 22.8 Å². The van der Waals surface area contributed by atoms with Gasteiger partial charge in [-0.05, 0) is 62.7 Å². The monoisotopic (exact) mass is 407 g/mol. The van der Waals surface area contributed by atoms with E-state index in [9.17, 15) is 4.79 Å². The van der Waals surface area contributed by atoms with E-state index >= 15 is 0 Å². The molecular formula is C23H22ClN3O2. The Labute approximate surface area is 173 Å². The molecule has 0 saturated carbocycles. The number of nitrogens with one attached hydrogen (secondary N) is 1. The summed E-state index contributed by atoms with van der Waals surface area (Å²) < 4.78 is 7.20. The van der Waals surface area contributed by atoms with Gasteiger partial charge in [0.2, 0.25) is 0 Å². The van der Waals surface area contributed by atoms with Crippen molar-refractivity contribution in [3.8, 4) is 17.0 Å². The maximum Gasteiger partial charge on any atom is 0.273 e. The van der Waals surface area contributed by atoms with Gasteiger partial charge in [-0.3, -0.25) is 9.89 Å². The van der Waals surface area contributed by atoms with Crippen LogP contribution < -0.4 is 10.3 Å². The minimum atomic E-state index is -0.141. The van der Waals surface area contributed by atoms with Gasteiger partial charge in [0.1, 0.15) is 5.75 Å². The van der Waals surface area contributed by atoms with E-state index in [1.807, 2.05) is 69.3 Å². The molecule has 6 heteroatoms. The highest BCUT2D eigenvalue weighted by molar-refractivity contribution is 6.30. The van der Waals surface area contributed by atoms with Gasteiger partial charge in [0, 0.05) is 34.3 Å². The van der Waals surface area contributed by atoms with Crippen LogP contribution in [-0.2, 0) is 6.42 Å². The molecule has 0 amide bonds. The third-order valence-electron chi connectivity index (χ3n) is 4.74. The van der Waals surface area contributed by atoms with Gasteiger partial charge in [-0.25, -0.2) is 9.50 Å². The van der Waals surface area contributed by atoms with Gasteiger partial charge in [-0.15, -0.1) is 0 Å². The highest BCUT2D eigenvalue weighted by atomic mass is 35.5. The first kappa shape index (κ1) is 19.3. The van der Waals surface area contributed by atoms with E-state index in [4.69, 9.17) is 21.3 Å². The summed E-state index contributed by atoms with van der Waals surface area (Å²) in [6.45, 7) is 5.93. The molecule has 0 spiro atoms. The molecular weight excluding hydrogens is 386 g/mol. The molecule has 2 aromatic heterocycles. The van der Waals surface area contributed by atoms with Crippen LogP contribution in [0.5, 0.6) is 5.75 Å². The van der Waals surface area contributed by atoms with Crippen LogP contribution in [0.2, 0.25) is 5.02 Å². The van der Waals surface area contributed by atoms with Crippen LogP contribution in [0.3, 0.4) is 0 Å². The minimum absolute atomic E-state index is 0.109. The fourth-order valence-corrected chi connectivity index (χ4v) is 3.46. The zero-order chi connectivity index (χ0) is 20.5. The molecule has 148 valence electrons. The predicted molar refractivity (Wildman–Crippen MR) is 116 cm³/mol. The Morgan fingerprint density at radius 3 is 2.45 bits per heavy atom. The summed E-state index contributed by atoms with van der Waals surface area (Å²) in [7, 11) is 0. The van der Waals surface area contributed by atoms with Crippen LogP contribution in [0.1, 0.15) is 30.7 Å². The first-order chi connectivity index (χ1) is 13.9. The number of rotatable bonds is 5. The molecule has 0 bridgehead atoms. The van der Waals surface area contributed by atoms with E-state index in [1.54, 1.807) is 6.07 Å². The quantitative estimate of drug-likeness (QED) is 0.504. The number of fused-ring (bicyclic) bond motifs is 1. The maximum atomic E-state index is 12.7. The van der Waals surface area contributed by atoms with Gasteiger partial charge in [0.15, 0.2) is 5.65 Å². The van der Waals surface area contributed by atoms with E-state index in [2.05, 4.69) is 5.10 Å². The first-order valence-electron chi connectivity index (χ1n) is 9.53. The molecule has 0 radical (unpaired) electrons. The molecule has 0 aliphatic rings. The van der Waals surface area contributed by atoms with E-state index in [0.717, 1.165) is 28.1 Å². The van der Waals surface area contributed by atoms with Gasteiger partial charge in [0.25, 0.3) is 5.56 Å². The lowest BCUT2D eigenvalue weighted by Gasteiger charge is -2.10. The van der Waals surface area contributed by atoms with Crippen molar-refractivity contribution < 1.29 is 4.74 Å². The molecule has 4 rings (SSSR count). The zero-order valence-electron chi connectivity index (χ0n) is 16.6. The van der Waals surface area contributed by atoms with Crippen molar-refractivity contribution in [2.24, 2.45) is 0 Å². The summed E-state index contributed by atoms with van der Waals surface area (Å²) in [5, 5.41) is 3.83. The number of aryl methyl sites for hydroxylation is 1. The highest BCUT2D eigenvalue weighted by Crippen LogP contribution is 2.24. The molecule has 5 nitrogen and oxygen atoms in total. The molecule has 0 atom stereocenters. The van der Waals surface area contributed by atoms with E-state index in [1.165, 1.54) is 4.52 Å². The van der Waals surface area contributed by atoms with Crippen LogP contribution in [0.15, 0.2) is 59.4 Å². The largest absolute Gasteiger partial charge is 0.491 e. The highest BCUT2D eigenvalue weighted by Gasteiger charge is 2.14. The SMILES string of the molecule is Cc1[nH]n2c(=O)cc(-c3ccc(OC(C)C)cc3)nc2c1Cc1ccc(Cl)cc1. The minimum Gasteiger partial charge on any atom is -0.491 e. The predicted octanol–water partition coefficient (Wildman–Crippen LogP) is 5.03. The van der Waals surface area contributed by atoms with Gasteiger partial charge in [0.05, 0.1) is 11.8 Å². The molecule has 29 heavy (non-hydrogen) atoms. The summed E-state index contributed by atoms with van der Waals surface area (Å²) in [5.74, 6) is 0.794. The van der Waals surface area contributed by atoms with Crippen molar-refractivity contribution in [2.75, 3.05) is 0 Å². The summed E-state index contributed by atoms with van der Waals surface area (Å²) in [5.41, 5.74) is 5.03. The van der Waals surface area contributed by atoms with Crippen molar-refractivity contribution >= 4 is 17.2 Å². The number of ether oxygens (including phenoxy) is 1. The van der Waals surface area contributed by atoms with Crippen LogP contribution >= 0.6 is 11.6 Å². The lowest BCUT2D eigenvalue weighted by Crippen LogP contribution is -2.14. The second-order valence-corrected chi connectivity index (χ2v) is 7.78. The third kappa shape index (κ3) is 4.05. The van der Waals surface area contributed by atoms with Crippen LogP contribution in [0.4, 0.5) is 0 Å². The number of halogens is 1. The number of hydrogen-bond donors (Lipinski definition) is 1. The van der Waals surface area contributed by atoms with E-state index in [-0.39, 0.29) is 11.7 Å². The molecule has 2 heterocycles. The van der Waals surface area contributed by atoms with Crippen LogP contribution in [0, 0.1) is 6.92 Å². The normalized spacial score (nSPS) is 11.3. The van der Waals surface area contributed by atoms with Gasteiger partial charge in [-0.1, -0.05) is 23.7 Å². The van der Waals surface area contributed by atoms with Crippen LogP contribution in [0.25, 0.3) is 16.9 Å². The van der Waals surface area contributed by atoms with Crippen molar-refractivity contribution in [3.05, 3.63) is 86.8 Å². The Morgan fingerprint density at radius 2 is 1.79 bits per heavy atom. The second kappa shape index (κ2) is 7.76. The molecule has 4 aromatic rings. The lowest BCUT2D eigenvalue weighted by atomic mass is 10.1. The Kier molecular flexibility index (Phi) is 5.16. The van der Waals surface area contributed by atoms with Gasteiger partial charge >= 0.3 is 0 Å². The Bertz CT molecular complexity index is 1210. The fraction of sp³-hybridized carbons (Fsp3) is 0.217. The lowest BCUT2D eigenvalue weighted by molar-refractivity contribution is 0.242. The third-order valence-corrected chi connectivity index (χ3v) is 4.99. The molecule has 0 saturated heterocycles. The standard InChI is InChI=1S/C23H22ClN3O2/c1-14(2)29-19-10-6-17(7-11-19)21-13-22(28)27-23(25-21)20(15(3)26-27)12-16-4-8-18(24)9-5-16/h4-11,13-14,26H,12H2,1-3H3. The van der Waals surface area contributed by atoms with Gasteiger partial charge in [-0.2, -0.15) is 0 Å². The van der Waals surface area contributed by atoms with Crippen molar-refractivity contribution in [1.29, 1.82) is 0 Å². The Balaban J connectivity index is 1.75. The van der Waals surface area contributed by atoms with Crippen molar-refractivity contribution in [2.45, 2.75) is 33.3 Å². The topological polar surface area (TPSA) is 59.4 Å². The molecule has 0 fully saturated rings. The molecule has 1 N–H and O–H groups in total. The number of hydrogen-bond acceptors (Lipinski definition) is 3. The summed E-state index contributed by atoms with van der Waals surface area (Å²) >= 11 is 6.00. The molecule has 0 aliphatic heterocycles. The first-order valence-corrected chi connectivity index (χ1v) is 9.91. The number of H-pyrrole nitrogens is 1. The smallest absolute Gasteiger partial charge is 0.273 e. The Hall–Kier alpha value is -3.05. The molecule has 0 unspecified atom stereocenters. The summed E-state index contributed by atoms with van der Waals surface area (Å²) in [6, 6.07) is 16.9. The van der Waals surface area contributed by atoms with Gasteiger partial charge < -0.3 is 4.74 Å². The van der Waals surface area contributed by atoms with Crippen molar-refractivity contribution in [3.63, 3.8) is 0 Å². The average molecular weight is 408 g/mol. The van der Waals surface area contributed by atoms with E-state index < -0.39 is 0 Å². The number of nitrogens with zero attached hydrogens (tertiary/aromatic N) is 2. The Morgan fingerprint density at radius 1 is 1.10 bits per heavy atom. The average Bonchev–Trinajstić information content (AvgIpc) is 3.00. The number of aromatic amines is 1. The number of aromatic nitrogens is 3. The molecule has 0 aliphatic carbocycles. The van der Waals surface area contributed by atoms with Crippen LogP contribution in [-0.4, -0.2) is 20.7 Å². The second-order valence-electron chi connectivity index (χ2n) is 7.35. The summed E-state index contributed by atoms with van der Waals surface area (Å²) in [4.78, 5) is 17.5. The number of benzene rings is 2. The summed E-state index contributed by atoms with van der Waals surface area (Å²) in [6.07, 6.45) is 0.769. The molecule has 2 aromatic carbocycles. The van der Waals surface area contributed by atoms with Crippen molar-refractivity contribution in [1.82, 2.24) is 14.6 Å². The fourth-order valence-electron chi connectivity index (χ4n) is 3.34.